The van der Waals surface area contributed by atoms with Crippen LogP contribution in [0.5, 0.6) is 0 Å². The number of halogens is 2. The number of aliphatic imine (C=N–C) groups is 1. The number of nitrogens with zero attached hydrogens (tertiary/aromatic N) is 4. The summed E-state index contributed by atoms with van der Waals surface area (Å²) in [6.45, 7) is 14.4. The number of rotatable bonds is 12. The number of allylic oxidation sites excluding steroid dienone is 8. The van der Waals surface area contributed by atoms with Crippen molar-refractivity contribution in [1.29, 1.82) is 5.41 Å². The van der Waals surface area contributed by atoms with Gasteiger partial charge in [-0.2, -0.15) is 0 Å². The van der Waals surface area contributed by atoms with Gasteiger partial charge in [0, 0.05) is 29.8 Å². The van der Waals surface area contributed by atoms with E-state index in [0.29, 0.717) is 60.0 Å². The molecule has 9 heteroatoms. The second-order valence-corrected chi connectivity index (χ2v) is 9.13. The Balaban J connectivity index is 2.05. The van der Waals surface area contributed by atoms with Crippen LogP contribution in [0.4, 0.5) is 20.4 Å². The molecule has 0 saturated carbocycles. The lowest BCUT2D eigenvalue weighted by Gasteiger charge is -2.38. The molecule has 0 fully saturated rings. The van der Waals surface area contributed by atoms with E-state index in [4.69, 9.17) is 16.1 Å². The number of hydrogen-bond acceptors (Lipinski definition) is 7. The van der Waals surface area contributed by atoms with Crippen LogP contribution in [0.1, 0.15) is 58.4 Å². The van der Waals surface area contributed by atoms with Crippen LogP contribution in [0.15, 0.2) is 83.2 Å². The summed E-state index contributed by atoms with van der Waals surface area (Å²) in [5.74, 6) is 0.744. The van der Waals surface area contributed by atoms with Gasteiger partial charge in [0.1, 0.15) is 35.8 Å². The fraction of sp³-hybridized carbons (Fsp3) is 0.379. The lowest BCUT2D eigenvalue weighted by molar-refractivity contribution is 0.363. The van der Waals surface area contributed by atoms with Gasteiger partial charge in [0.2, 0.25) is 0 Å². The van der Waals surface area contributed by atoms with Crippen LogP contribution in [0, 0.1) is 5.41 Å². The summed E-state index contributed by atoms with van der Waals surface area (Å²) < 4.78 is 29.2. The summed E-state index contributed by atoms with van der Waals surface area (Å²) in [5.41, 5.74) is 8.44. The van der Waals surface area contributed by atoms with Crippen molar-refractivity contribution in [2.75, 3.05) is 17.6 Å². The molecule has 0 saturated heterocycles. The van der Waals surface area contributed by atoms with Gasteiger partial charge in [-0.1, -0.05) is 52.2 Å². The lowest BCUT2D eigenvalue weighted by atomic mass is 9.94. The maximum atomic E-state index is 14.8. The van der Waals surface area contributed by atoms with Gasteiger partial charge in [0.25, 0.3) is 0 Å². The average molecular weight is 522 g/mol. The molecule has 0 radical (unpaired) electrons. The van der Waals surface area contributed by atoms with Crippen LogP contribution in [0.2, 0.25) is 0 Å². The molecule has 1 aliphatic carbocycles. The highest BCUT2D eigenvalue weighted by atomic mass is 19.1. The number of nitrogens with two attached hydrogens (primary N) is 1. The largest absolute Gasteiger partial charge is 0.383 e. The van der Waals surface area contributed by atoms with E-state index in [1.807, 2.05) is 31.7 Å². The molecule has 0 aromatic carbocycles. The molecule has 7 nitrogen and oxygen atoms in total. The Hall–Kier alpha value is -3.88. The standard InChI is InChI=1S/C29H37F2N7/c1-6-11-19(16-20(30)12-7-2)26(32)25-27(33)34-17-35-28(25)36-22(9-4)29-37-23-14-10-13-21(31)24(23)18(5)38(29)15-8-3/h6,10-11,14,16-17,21-22,32H,1,5,7-9,12-13,15H2,2-4H3,(H3,33,34,35,36)/b19-11+,20-16+,32-26?. The van der Waals surface area contributed by atoms with E-state index in [2.05, 4.69) is 28.4 Å². The first-order valence-electron chi connectivity index (χ1n) is 13.0. The molecule has 2 aliphatic rings. The van der Waals surface area contributed by atoms with Crippen LogP contribution in [0.25, 0.3) is 0 Å². The van der Waals surface area contributed by atoms with Crippen LogP contribution in [0.3, 0.4) is 0 Å². The SMILES string of the molecule is C=C/C=C(\C=C(\F)CCC)C(=N)c1c(N)ncnc1NC(CC)C1=NC2=C(C(=C)N1CCC)C(F)CC=C2. The van der Waals surface area contributed by atoms with E-state index in [0.717, 1.165) is 6.42 Å². The number of anilines is 2. The number of nitrogen functional groups attached to an aromatic ring is 1. The normalized spacial score (nSPS) is 18.8. The first-order chi connectivity index (χ1) is 18.3. The molecule has 4 N–H and O–H groups in total. The maximum Gasteiger partial charge on any atom is 0.141 e. The zero-order valence-corrected chi connectivity index (χ0v) is 22.4. The van der Waals surface area contributed by atoms with E-state index in [1.54, 1.807) is 12.2 Å². The molecule has 0 amide bonds. The molecule has 2 heterocycles. The fourth-order valence-corrected chi connectivity index (χ4v) is 4.52. The zero-order valence-electron chi connectivity index (χ0n) is 22.4. The van der Waals surface area contributed by atoms with E-state index in [9.17, 15) is 8.78 Å². The van der Waals surface area contributed by atoms with Gasteiger partial charge in [0.15, 0.2) is 0 Å². The van der Waals surface area contributed by atoms with Gasteiger partial charge < -0.3 is 16.0 Å². The Bertz CT molecular complexity index is 1240. The third-order valence-electron chi connectivity index (χ3n) is 6.35. The number of aromatic nitrogens is 2. The Morgan fingerprint density at radius 1 is 1.32 bits per heavy atom. The minimum Gasteiger partial charge on any atom is -0.383 e. The van der Waals surface area contributed by atoms with Crippen molar-refractivity contribution in [2.45, 2.75) is 65.1 Å². The Morgan fingerprint density at radius 2 is 2.08 bits per heavy atom. The first-order valence-corrected chi connectivity index (χ1v) is 13.0. The van der Waals surface area contributed by atoms with Gasteiger partial charge in [-0.15, -0.1) is 0 Å². The molecule has 2 atom stereocenters. The first kappa shape index (κ1) is 28.7. The topological polar surface area (TPSA) is 103 Å². The van der Waals surface area contributed by atoms with Crippen LogP contribution >= 0.6 is 0 Å². The third-order valence-corrected chi connectivity index (χ3v) is 6.35. The predicted octanol–water partition coefficient (Wildman–Crippen LogP) is 6.57. The van der Waals surface area contributed by atoms with Crippen LogP contribution in [-0.4, -0.2) is 45.2 Å². The number of nitrogens with one attached hydrogen (secondary N) is 2. The number of amidine groups is 1. The summed E-state index contributed by atoms with van der Waals surface area (Å²) in [7, 11) is 0. The van der Waals surface area contributed by atoms with E-state index in [-0.39, 0.29) is 35.4 Å². The maximum absolute atomic E-state index is 14.8. The average Bonchev–Trinajstić information content (AvgIpc) is 2.88. The van der Waals surface area contributed by atoms with E-state index in [1.165, 1.54) is 18.5 Å². The zero-order chi connectivity index (χ0) is 27.8. The molecular formula is C29H37F2N7. The van der Waals surface area contributed by atoms with Crippen molar-refractivity contribution < 1.29 is 8.78 Å². The third kappa shape index (κ3) is 6.15. The van der Waals surface area contributed by atoms with Crippen molar-refractivity contribution in [3.63, 3.8) is 0 Å². The molecule has 1 aliphatic heterocycles. The summed E-state index contributed by atoms with van der Waals surface area (Å²) in [4.78, 5) is 15.3. The summed E-state index contributed by atoms with van der Waals surface area (Å²) in [6, 6.07) is -0.360. The number of hydrogen-bond donors (Lipinski definition) is 3. The minimum atomic E-state index is -1.15. The van der Waals surface area contributed by atoms with Gasteiger partial charge >= 0.3 is 0 Å². The Labute approximate surface area is 223 Å². The molecule has 1 aromatic rings. The quantitative estimate of drug-likeness (QED) is 0.213. The van der Waals surface area contributed by atoms with E-state index < -0.39 is 6.17 Å². The van der Waals surface area contributed by atoms with Crippen LogP contribution < -0.4 is 11.1 Å². The smallest absolute Gasteiger partial charge is 0.141 e. The fourth-order valence-electron chi connectivity index (χ4n) is 4.52. The Morgan fingerprint density at radius 3 is 2.74 bits per heavy atom. The van der Waals surface area contributed by atoms with Crippen molar-refractivity contribution >= 4 is 23.2 Å². The summed E-state index contributed by atoms with van der Waals surface area (Å²) >= 11 is 0. The second-order valence-electron chi connectivity index (χ2n) is 9.13. The van der Waals surface area contributed by atoms with Crippen molar-refractivity contribution in [3.05, 3.63) is 83.8 Å². The number of alkyl halides is 1. The molecule has 0 spiro atoms. The monoisotopic (exact) mass is 521 g/mol. The molecule has 2 unspecified atom stereocenters. The molecule has 202 valence electrons. The molecule has 3 rings (SSSR count). The van der Waals surface area contributed by atoms with Gasteiger partial charge in [-0.05, 0) is 37.8 Å². The molecular weight excluding hydrogens is 484 g/mol. The second kappa shape index (κ2) is 13.1. The lowest BCUT2D eigenvalue weighted by Crippen LogP contribution is -2.46. The van der Waals surface area contributed by atoms with Gasteiger partial charge in [0.05, 0.1) is 23.0 Å². The van der Waals surface area contributed by atoms with Crippen molar-refractivity contribution in [1.82, 2.24) is 14.9 Å². The highest BCUT2D eigenvalue weighted by Gasteiger charge is 2.34. The molecule has 0 bridgehead atoms. The van der Waals surface area contributed by atoms with Crippen molar-refractivity contribution in [3.8, 4) is 0 Å². The summed E-state index contributed by atoms with van der Waals surface area (Å²) in [6.07, 6.45) is 10.8. The van der Waals surface area contributed by atoms with E-state index >= 15 is 0 Å². The van der Waals surface area contributed by atoms with Crippen LogP contribution in [-0.2, 0) is 0 Å². The van der Waals surface area contributed by atoms with Gasteiger partial charge in [-0.3, -0.25) is 5.41 Å². The Kier molecular flexibility index (Phi) is 9.87. The minimum absolute atomic E-state index is 0.0347. The molecule has 38 heavy (non-hydrogen) atoms. The summed E-state index contributed by atoms with van der Waals surface area (Å²) in [5, 5.41) is 12.3. The van der Waals surface area contributed by atoms with Gasteiger partial charge in [-0.25, -0.2) is 23.7 Å². The predicted molar refractivity (Wildman–Crippen MR) is 153 cm³/mol. The van der Waals surface area contributed by atoms with Crippen molar-refractivity contribution in [2.24, 2.45) is 4.99 Å². The molecule has 1 aromatic heterocycles. The highest BCUT2D eigenvalue weighted by Crippen LogP contribution is 2.35. The highest BCUT2D eigenvalue weighted by molar-refractivity contribution is 6.17.